The van der Waals surface area contributed by atoms with Crippen LogP contribution in [-0.4, -0.2) is 59.6 Å². The Balaban J connectivity index is 1.55. The monoisotopic (exact) mass is 316 g/mol. The first-order chi connectivity index (χ1) is 9.74. The standard InChI is InChI=1S/C16H32N2S2/c1-15(13-17-9-5-3-6-10-17)19-20-16(2)14-18-11-7-4-8-12-18/h15-16H,3-14H2,1-2H3/t15-,16+. The van der Waals surface area contributed by atoms with Gasteiger partial charge in [-0.05, 0) is 51.9 Å². The summed E-state index contributed by atoms with van der Waals surface area (Å²) in [5.41, 5.74) is 0. The summed E-state index contributed by atoms with van der Waals surface area (Å²) in [5.74, 6) is 0. The van der Waals surface area contributed by atoms with Gasteiger partial charge in [0.05, 0.1) is 0 Å². The molecule has 0 N–H and O–H groups in total. The molecular formula is C16H32N2S2. The van der Waals surface area contributed by atoms with Crippen LogP contribution < -0.4 is 0 Å². The zero-order valence-corrected chi connectivity index (χ0v) is 15.0. The number of nitrogens with zero attached hydrogens (tertiary/aromatic N) is 2. The molecule has 0 aromatic rings. The minimum Gasteiger partial charge on any atom is -0.302 e. The van der Waals surface area contributed by atoms with Crippen LogP contribution in [0.5, 0.6) is 0 Å². The molecule has 0 radical (unpaired) electrons. The Morgan fingerprint density at radius 3 is 1.35 bits per heavy atom. The number of hydrogen-bond donors (Lipinski definition) is 0. The second kappa shape index (κ2) is 9.60. The van der Waals surface area contributed by atoms with E-state index in [-0.39, 0.29) is 0 Å². The number of piperidine rings is 2. The Morgan fingerprint density at radius 1 is 0.650 bits per heavy atom. The van der Waals surface area contributed by atoms with Crippen molar-refractivity contribution in [2.45, 2.75) is 62.9 Å². The van der Waals surface area contributed by atoms with E-state index in [1.807, 2.05) is 0 Å². The first kappa shape index (κ1) is 17.0. The lowest BCUT2D eigenvalue weighted by Crippen LogP contribution is -2.35. The van der Waals surface area contributed by atoms with Gasteiger partial charge in [0, 0.05) is 23.6 Å². The van der Waals surface area contributed by atoms with Crippen molar-refractivity contribution < 1.29 is 0 Å². The van der Waals surface area contributed by atoms with Gasteiger partial charge in [-0.25, -0.2) is 0 Å². The van der Waals surface area contributed by atoms with E-state index in [0.717, 1.165) is 10.5 Å². The van der Waals surface area contributed by atoms with Crippen LogP contribution in [0.2, 0.25) is 0 Å². The topological polar surface area (TPSA) is 6.48 Å². The van der Waals surface area contributed by atoms with Gasteiger partial charge in [-0.3, -0.25) is 0 Å². The molecule has 2 saturated heterocycles. The van der Waals surface area contributed by atoms with Crippen molar-refractivity contribution in [3.63, 3.8) is 0 Å². The van der Waals surface area contributed by atoms with Crippen LogP contribution in [0.15, 0.2) is 0 Å². The normalized spacial score (nSPS) is 25.5. The molecule has 118 valence electrons. The molecule has 0 aliphatic carbocycles. The quantitative estimate of drug-likeness (QED) is 0.652. The molecule has 2 fully saturated rings. The largest absolute Gasteiger partial charge is 0.302 e. The average Bonchev–Trinajstić information content (AvgIpc) is 2.47. The molecule has 0 spiro atoms. The van der Waals surface area contributed by atoms with Gasteiger partial charge in [-0.1, -0.05) is 48.3 Å². The Kier molecular flexibility index (Phi) is 8.15. The SMILES string of the molecule is C[C@H](CN1CCCCC1)SS[C@@H](C)CN1CCCCC1. The Hall–Kier alpha value is 0.620. The summed E-state index contributed by atoms with van der Waals surface area (Å²) in [7, 11) is 4.23. The van der Waals surface area contributed by atoms with Gasteiger partial charge in [-0.15, -0.1) is 0 Å². The third-order valence-corrected chi connectivity index (χ3v) is 7.68. The van der Waals surface area contributed by atoms with E-state index in [2.05, 4.69) is 45.2 Å². The minimum absolute atomic E-state index is 0.766. The fourth-order valence-electron chi connectivity index (χ4n) is 3.26. The van der Waals surface area contributed by atoms with Crippen molar-refractivity contribution in [2.24, 2.45) is 0 Å². The lowest BCUT2D eigenvalue weighted by atomic mass is 10.1. The van der Waals surface area contributed by atoms with E-state index < -0.39 is 0 Å². The van der Waals surface area contributed by atoms with Crippen LogP contribution in [0.25, 0.3) is 0 Å². The van der Waals surface area contributed by atoms with Crippen molar-refractivity contribution in [3.05, 3.63) is 0 Å². The van der Waals surface area contributed by atoms with Gasteiger partial charge in [0.15, 0.2) is 0 Å². The maximum atomic E-state index is 2.66. The molecule has 0 unspecified atom stereocenters. The molecule has 0 aromatic carbocycles. The molecular weight excluding hydrogens is 284 g/mol. The molecule has 20 heavy (non-hydrogen) atoms. The van der Waals surface area contributed by atoms with Crippen molar-refractivity contribution >= 4 is 21.6 Å². The van der Waals surface area contributed by atoms with Crippen LogP contribution in [0.4, 0.5) is 0 Å². The maximum absolute atomic E-state index is 2.66. The third-order valence-electron chi connectivity index (χ3n) is 4.31. The van der Waals surface area contributed by atoms with E-state index >= 15 is 0 Å². The molecule has 2 aliphatic heterocycles. The molecule has 0 aromatic heterocycles. The maximum Gasteiger partial charge on any atom is 0.0250 e. The van der Waals surface area contributed by atoms with Crippen LogP contribution in [-0.2, 0) is 0 Å². The van der Waals surface area contributed by atoms with Crippen LogP contribution in [0.1, 0.15) is 52.4 Å². The highest BCUT2D eigenvalue weighted by molar-refractivity contribution is 8.77. The summed E-state index contributed by atoms with van der Waals surface area (Å²) < 4.78 is 0. The highest BCUT2D eigenvalue weighted by Crippen LogP contribution is 2.32. The second-order valence-corrected chi connectivity index (χ2v) is 9.69. The second-order valence-electron chi connectivity index (χ2n) is 6.54. The van der Waals surface area contributed by atoms with Gasteiger partial charge in [-0.2, -0.15) is 0 Å². The van der Waals surface area contributed by atoms with E-state index in [1.165, 1.54) is 77.8 Å². The molecule has 2 nitrogen and oxygen atoms in total. The van der Waals surface area contributed by atoms with Crippen molar-refractivity contribution in [3.8, 4) is 0 Å². The van der Waals surface area contributed by atoms with Gasteiger partial charge in [0.25, 0.3) is 0 Å². The van der Waals surface area contributed by atoms with Crippen molar-refractivity contribution in [1.29, 1.82) is 0 Å². The highest BCUT2D eigenvalue weighted by Gasteiger charge is 2.17. The molecule has 2 rings (SSSR count). The van der Waals surface area contributed by atoms with Crippen molar-refractivity contribution in [1.82, 2.24) is 9.80 Å². The van der Waals surface area contributed by atoms with Crippen LogP contribution in [0.3, 0.4) is 0 Å². The van der Waals surface area contributed by atoms with E-state index in [9.17, 15) is 0 Å². The summed E-state index contributed by atoms with van der Waals surface area (Å²) >= 11 is 0. The summed E-state index contributed by atoms with van der Waals surface area (Å²) in [4.78, 5) is 5.33. The molecule has 0 bridgehead atoms. The lowest BCUT2D eigenvalue weighted by molar-refractivity contribution is 0.231. The van der Waals surface area contributed by atoms with Gasteiger partial charge in [0.1, 0.15) is 0 Å². The average molecular weight is 317 g/mol. The van der Waals surface area contributed by atoms with E-state index in [4.69, 9.17) is 0 Å². The smallest absolute Gasteiger partial charge is 0.0250 e. The van der Waals surface area contributed by atoms with Crippen LogP contribution >= 0.6 is 21.6 Å². The Bertz CT molecular complexity index is 225. The van der Waals surface area contributed by atoms with Gasteiger partial charge in [0.2, 0.25) is 0 Å². The number of rotatable bonds is 7. The van der Waals surface area contributed by atoms with E-state index in [0.29, 0.717) is 0 Å². The predicted molar refractivity (Wildman–Crippen MR) is 94.7 cm³/mol. The zero-order chi connectivity index (χ0) is 14.2. The molecule has 0 saturated carbocycles. The molecule has 4 heteroatoms. The lowest BCUT2D eigenvalue weighted by Gasteiger charge is -2.30. The van der Waals surface area contributed by atoms with Gasteiger partial charge < -0.3 is 9.80 Å². The molecule has 2 atom stereocenters. The van der Waals surface area contributed by atoms with Crippen LogP contribution in [0, 0.1) is 0 Å². The molecule has 2 heterocycles. The Labute approximate surface area is 133 Å². The minimum atomic E-state index is 0.766. The first-order valence-corrected chi connectivity index (χ1v) is 10.8. The summed E-state index contributed by atoms with van der Waals surface area (Å²) in [5, 5.41) is 1.53. The predicted octanol–water partition coefficient (Wildman–Crippen LogP) is 4.12. The van der Waals surface area contributed by atoms with E-state index in [1.54, 1.807) is 0 Å². The summed E-state index contributed by atoms with van der Waals surface area (Å²) in [6, 6.07) is 0. The first-order valence-electron chi connectivity index (χ1n) is 8.51. The zero-order valence-electron chi connectivity index (χ0n) is 13.4. The fourth-order valence-corrected chi connectivity index (χ4v) is 5.69. The van der Waals surface area contributed by atoms with Gasteiger partial charge >= 0.3 is 0 Å². The fraction of sp³-hybridized carbons (Fsp3) is 1.00. The number of hydrogen-bond acceptors (Lipinski definition) is 4. The summed E-state index contributed by atoms with van der Waals surface area (Å²) in [6.45, 7) is 12.7. The molecule has 0 amide bonds. The number of likely N-dealkylation sites (tertiary alicyclic amines) is 2. The summed E-state index contributed by atoms with van der Waals surface area (Å²) in [6.07, 6.45) is 8.54. The Morgan fingerprint density at radius 2 is 1.00 bits per heavy atom. The molecule has 2 aliphatic rings. The third kappa shape index (κ3) is 6.59. The highest BCUT2D eigenvalue weighted by atomic mass is 33.1. The van der Waals surface area contributed by atoms with Crippen molar-refractivity contribution in [2.75, 3.05) is 39.3 Å².